The first-order valence-corrected chi connectivity index (χ1v) is 10.3. The number of hydrogen-bond acceptors (Lipinski definition) is 8. The number of piperidine rings is 1. The molecule has 1 heterocycles. The highest BCUT2D eigenvalue weighted by Crippen LogP contribution is 2.39. The second-order valence-electron chi connectivity index (χ2n) is 6.63. The Labute approximate surface area is 180 Å². The maximum atomic E-state index is 12.3. The SMILES string of the molecule is COc1ccc(OC2CCN(Sc3ccc(OC)c(OC)c3C(=O)NO)CC2)cc1. The number of nitrogens with zero attached hydrogens (tertiary/aromatic N) is 1. The summed E-state index contributed by atoms with van der Waals surface area (Å²) in [5, 5.41) is 9.17. The third kappa shape index (κ3) is 5.10. The summed E-state index contributed by atoms with van der Waals surface area (Å²) < 4.78 is 24.0. The summed E-state index contributed by atoms with van der Waals surface area (Å²) in [5.74, 6) is 1.68. The maximum absolute atomic E-state index is 12.3. The van der Waals surface area contributed by atoms with Crippen molar-refractivity contribution < 1.29 is 28.9 Å². The Kier molecular flexibility index (Phi) is 7.67. The van der Waals surface area contributed by atoms with E-state index in [0.29, 0.717) is 10.6 Å². The summed E-state index contributed by atoms with van der Waals surface area (Å²) in [7, 11) is 4.60. The molecule has 1 aliphatic heterocycles. The van der Waals surface area contributed by atoms with Crippen molar-refractivity contribution in [1.82, 2.24) is 9.79 Å². The lowest BCUT2D eigenvalue weighted by molar-refractivity contribution is 0.0698. The lowest BCUT2D eigenvalue weighted by Gasteiger charge is -2.31. The predicted molar refractivity (Wildman–Crippen MR) is 113 cm³/mol. The Morgan fingerprint density at radius 3 is 2.23 bits per heavy atom. The number of methoxy groups -OCH3 is 3. The molecule has 0 unspecified atom stereocenters. The first-order valence-electron chi connectivity index (χ1n) is 9.52. The average molecular weight is 435 g/mol. The fraction of sp³-hybridized carbons (Fsp3) is 0.381. The van der Waals surface area contributed by atoms with Crippen LogP contribution in [0.3, 0.4) is 0 Å². The van der Waals surface area contributed by atoms with Crippen LogP contribution < -0.4 is 24.4 Å². The molecule has 2 aromatic rings. The van der Waals surface area contributed by atoms with Gasteiger partial charge in [-0.05, 0) is 61.2 Å². The summed E-state index contributed by atoms with van der Waals surface area (Å²) in [6.07, 6.45) is 1.84. The molecule has 9 heteroatoms. The molecule has 0 atom stereocenters. The van der Waals surface area contributed by atoms with Crippen molar-refractivity contribution in [3.63, 3.8) is 0 Å². The van der Waals surface area contributed by atoms with E-state index in [4.69, 9.17) is 24.2 Å². The van der Waals surface area contributed by atoms with Crippen molar-refractivity contribution in [2.24, 2.45) is 0 Å². The molecule has 0 spiro atoms. The van der Waals surface area contributed by atoms with E-state index in [2.05, 4.69) is 4.31 Å². The van der Waals surface area contributed by atoms with Crippen LogP contribution in [0, 0.1) is 0 Å². The van der Waals surface area contributed by atoms with Crippen molar-refractivity contribution in [1.29, 1.82) is 0 Å². The maximum Gasteiger partial charge on any atom is 0.279 e. The van der Waals surface area contributed by atoms with Crippen LogP contribution in [-0.2, 0) is 0 Å². The van der Waals surface area contributed by atoms with Crippen molar-refractivity contribution in [2.75, 3.05) is 34.4 Å². The zero-order valence-electron chi connectivity index (χ0n) is 17.2. The van der Waals surface area contributed by atoms with Gasteiger partial charge in [0.05, 0.1) is 21.3 Å². The van der Waals surface area contributed by atoms with Crippen LogP contribution in [0.5, 0.6) is 23.0 Å². The van der Waals surface area contributed by atoms with Crippen molar-refractivity contribution >= 4 is 17.9 Å². The van der Waals surface area contributed by atoms with Gasteiger partial charge in [0, 0.05) is 18.0 Å². The Morgan fingerprint density at radius 2 is 1.67 bits per heavy atom. The van der Waals surface area contributed by atoms with Crippen LogP contribution in [0.2, 0.25) is 0 Å². The molecule has 8 nitrogen and oxygen atoms in total. The van der Waals surface area contributed by atoms with E-state index in [0.717, 1.165) is 37.4 Å². The van der Waals surface area contributed by atoms with Crippen LogP contribution >= 0.6 is 11.9 Å². The summed E-state index contributed by atoms with van der Waals surface area (Å²) in [4.78, 5) is 12.9. The van der Waals surface area contributed by atoms with Gasteiger partial charge >= 0.3 is 0 Å². The lowest BCUT2D eigenvalue weighted by atomic mass is 10.1. The minimum atomic E-state index is -0.647. The molecule has 0 aromatic heterocycles. The van der Waals surface area contributed by atoms with Crippen LogP contribution in [0.4, 0.5) is 0 Å². The molecule has 1 fully saturated rings. The van der Waals surface area contributed by atoms with Gasteiger partial charge in [0.1, 0.15) is 23.2 Å². The standard InChI is InChI=1S/C21H26N2O6S/c1-26-14-4-6-15(7-5-14)29-16-10-12-23(13-11-16)30-18-9-8-17(27-2)20(28-3)19(18)21(24)22-25/h4-9,16,25H,10-13H2,1-3H3,(H,22,24). The number of carbonyl (C=O) groups is 1. The van der Waals surface area contributed by atoms with E-state index in [1.165, 1.54) is 26.2 Å². The van der Waals surface area contributed by atoms with Gasteiger partial charge in [-0.1, -0.05) is 0 Å². The monoisotopic (exact) mass is 434 g/mol. The molecular formula is C21H26N2O6S. The van der Waals surface area contributed by atoms with E-state index in [1.807, 2.05) is 24.3 Å². The number of rotatable bonds is 8. The van der Waals surface area contributed by atoms with Crippen molar-refractivity contribution in [3.05, 3.63) is 42.0 Å². The Balaban J connectivity index is 1.64. The number of ether oxygens (including phenoxy) is 4. The minimum Gasteiger partial charge on any atom is -0.497 e. The normalized spacial score (nSPS) is 14.8. The molecule has 3 rings (SSSR count). The van der Waals surface area contributed by atoms with Gasteiger partial charge in [0.25, 0.3) is 5.91 Å². The van der Waals surface area contributed by atoms with Crippen LogP contribution in [0.1, 0.15) is 23.2 Å². The fourth-order valence-electron chi connectivity index (χ4n) is 3.28. The van der Waals surface area contributed by atoms with Crippen LogP contribution in [0.15, 0.2) is 41.3 Å². The van der Waals surface area contributed by atoms with Gasteiger partial charge in [-0.3, -0.25) is 10.0 Å². The zero-order chi connectivity index (χ0) is 21.5. The molecule has 1 saturated heterocycles. The molecule has 0 radical (unpaired) electrons. The number of hydroxylamine groups is 1. The topological polar surface area (TPSA) is 89.5 Å². The second kappa shape index (κ2) is 10.4. The largest absolute Gasteiger partial charge is 0.497 e. The summed E-state index contributed by atoms with van der Waals surface area (Å²) in [6, 6.07) is 11.1. The number of benzene rings is 2. The van der Waals surface area contributed by atoms with Crippen molar-refractivity contribution in [3.8, 4) is 23.0 Å². The molecule has 2 N–H and O–H groups in total. The van der Waals surface area contributed by atoms with Gasteiger partial charge in [0.2, 0.25) is 0 Å². The summed E-state index contributed by atoms with van der Waals surface area (Å²) >= 11 is 1.45. The molecule has 0 bridgehead atoms. The van der Waals surface area contributed by atoms with E-state index in [9.17, 15) is 4.79 Å². The Morgan fingerprint density at radius 1 is 1.00 bits per heavy atom. The first kappa shape index (κ1) is 22.1. The quantitative estimate of drug-likeness (QED) is 0.371. The van der Waals surface area contributed by atoms with Gasteiger partial charge in [-0.15, -0.1) is 0 Å². The van der Waals surface area contributed by atoms with E-state index in [-0.39, 0.29) is 17.4 Å². The summed E-state index contributed by atoms with van der Waals surface area (Å²) in [6.45, 7) is 1.58. The summed E-state index contributed by atoms with van der Waals surface area (Å²) in [5.41, 5.74) is 1.93. The van der Waals surface area contributed by atoms with E-state index in [1.54, 1.807) is 24.7 Å². The first-order chi connectivity index (χ1) is 14.6. The molecule has 30 heavy (non-hydrogen) atoms. The average Bonchev–Trinajstić information content (AvgIpc) is 2.79. The Hall–Kier alpha value is -2.62. The lowest BCUT2D eigenvalue weighted by Crippen LogP contribution is -2.34. The number of hydrogen-bond donors (Lipinski definition) is 2. The molecule has 1 amide bonds. The highest BCUT2D eigenvalue weighted by molar-refractivity contribution is 7.97. The van der Waals surface area contributed by atoms with Crippen molar-refractivity contribution in [2.45, 2.75) is 23.8 Å². The molecule has 1 aliphatic rings. The minimum absolute atomic E-state index is 0.126. The van der Waals surface area contributed by atoms with Gasteiger partial charge < -0.3 is 18.9 Å². The number of nitrogens with one attached hydrogen (secondary N) is 1. The van der Waals surface area contributed by atoms with Gasteiger partial charge in [-0.25, -0.2) is 9.79 Å². The van der Waals surface area contributed by atoms with Gasteiger partial charge in [0.15, 0.2) is 11.5 Å². The highest BCUT2D eigenvalue weighted by Gasteiger charge is 2.26. The third-order valence-corrected chi connectivity index (χ3v) is 5.99. The van der Waals surface area contributed by atoms with Crippen LogP contribution in [-0.4, -0.2) is 55.9 Å². The van der Waals surface area contributed by atoms with E-state index < -0.39 is 5.91 Å². The molecule has 0 aliphatic carbocycles. The molecular weight excluding hydrogens is 408 g/mol. The third-order valence-electron chi connectivity index (χ3n) is 4.83. The molecule has 0 saturated carbocycles. The predicted octanol–water partition coefficient (Wildman–Crippen LogP) is 3.38. The Bertz CT molecular complexity index is 853. The number of amides is 1. The number of carbonyl (C=O) groups excluding carboxylic acids is 1. The second-order valence-corrected chi connectivity index (χ2v) is 7.77. The fourth-order valence-corrected chi connectivity index (χ4v) is 4.36. The zero-order valence-corrected chi connectivity index (χ0v) is 18.0. The molecule has 162 valence electrons. The van der Waals surface area contributed by atoms with Gasteiger partial charge in [-0.2, -0.15) is 0 Å². The van der Waals surface area contributed by atoms with Crippen LogP contribution in [0.25, 0.3) is 0 Å². The smallest absolute Gasteiger partial charge is 0.279 e. The van der Waals surface area contributed by atoms with E-state index >= 15 is 0 Å². The highest BCUT2D eigenvalue weighted by atomic mass is 32.2. The molecule has 2 aromatic carbocycles.